The number of carbonyl (C=O) groups is 2. The van der Waals surface area contributed by atoms with Crippen molar-refractivity contribution in [1.29, 1.82) is 0 Å². The van der Waals surface area contributed by atoms with Crippen LogP contribution in [0.5, 0.6) is 0 Å². The van der Waals surface area contributed by atoms with Gasteiger partial charge < -0.3 is 4.74 Å². The van der Waals surface area contributed by atoms with Gasteiger partial charge in [0.05, 0.1) is 16.9 Å². The summed E-state index contributed by atoms with van der Waals surface area (Å²) in [5.74, 6) is -1.47. The summed E-state index contributed by atoms with van der Waals surface area (Å²) in [7, 11) is 0. The van der Waals surface area contributed by atoms with Gasteiger partial charge in [-0.1, -0.05) is 11.6 Å². The third kappa shape index (κ3) is 5.68. The summed E-state index contributed by atoms with van der Waals surface area (Å²) in [6.45, 7) is 4.64. The predicted octanol–water partition coefficient (Wildman–Crippen LogP) is 4.43. The van der Waals surface area contributed by atoms with Gasteiger partial charge in [-0.3, -0.25) is 24.5 Å². The van der Waals surface area contributed by atoms with E-state index in [-0.39, 0.29) is 28.8 Å². The van der Waals surface area contributed by atoms with Crippen molar-refractivity contribution in [3.8, 4) is 0 Å². The van der Waals surface area contributed by atoms with Crippen LogP contribution in [-0.4, -0.2) is 22.7 Å². The van der Waals surface area contributed by atoms with Gasteiger partial charge in [-0.15, -0.1) is 0 Å². The van der Waals surface area contributed by atoms with Gasteiger partial charge in [0, 0.05) is 24.0 Å². The second-order valence-corrected chi connectivity index (χ2v) is 6.61. The molecular weight excluding hydrogens is 404 g/mol. The van der Waals surface area contributed by atoms with E-state index in [4.69, 9.17) is 16.3 Å². The van der Waals surface area contributed by atoms with Crippen LogP contribution in [0.15, 0.2) is 47.1 Å². The molecule has 0 fully saturated rings. The van der Waals surface area contributed by atoms with E-state index in [0.29, 0.717) is 35.7 Å². The number of nitrogens with zero attached hydrogens (tertiary/aromatic N) is 3. The van der Waals surface area contributed by atoms with Crippen LogP contribution < -0.4 is 4.90 Å². The van der Waals surface area contributed by atoms with Crippen molar-refractivity contribution in [3.63, 3.8) is 0 Å². The minimum absolute atomic E-state index is 0.0966. The molecule has 2 aromatic heterocycles. The van der Waals surface area contributed by atoms with Crippen LogP contribution in [0.1, 0.15) is 35.6 Å². The molecule has 0 spiro atoms. The van der Waals surface area contributed by atoms with Crippen LogP contribution in [0.4, 0.5) is 14.5 Å². The number of allylic oxidation sites excluding steroid dienone is 3. The minimum Gasteiger partial charge on any atom is -0.486 e. The topological polar surface area (TPSA) is 72.4 Å². The van der Waals surface area contributed by atoms with Crippen molar-refractivity contribution in [2.24, 2.45) is 0 Å². The SMILES string of the molecule is C/C(=C/C(OCc1ncc(F)cc1F)=C(\C)Cl)N(C=O)c1cc(C=O)ncc1C. The molecule has 152 valence electrons. The number of hydrogen-bond donors (Lipinski definition) is 0. The molecular formula is C20H18ClF2N3O3. The summed E-state index contributed by atoms with van der Waals surface area (Å²) in [5, 5.41) is 0.248. The Morgan fingerprint density at radius 3 is 2.52 bits per heavy atom. The van der Waals surface area contributed by atoms with Gasteiger partial charge in [0.1, 0.15) is 29.6 Å². The number of carbonyl (C=O) groups excluding carboxylic acids is 2. The zero-order valence-electron chi connectivity index (χ0n) is 15.9. The molecule has 0 aliphatic carbocycles. The maximum Gasteiger partial charge on any atom is 0.218 e. The van der Waals surface area contributed by atoms with Crippen LogP contribution in [-0.2, 0) is 16.1 Å². The molecule has 0 N–H and O–H groups in total. The standard InChI is InChI=1S/C20H18ClF2N3O3/c1-12-7-24-16(9-27)6-19(12)26(11-28)13(2)4-20(14(3)21)29-10-18-17(23)5-15(22)8-25-18/h4-9,11H,10H2,1-3H3/b13-4-,20-14-. The van der Waals surface area contributed by atoms with Crippen LogP contribution >= 0.6 is 11.6 Å². The number of aryl methyl sites for hydroxylation is 1. The van der Waals surface area contributed by atoms with E-state index in [0.717, 1.165) is 6.20 Å². The molecule has 9 heteroatoms. The molecule has 0 saturated heterocycles. The van der Waals surface area contributed by atoms with E-state index in [9.17, 15) is 18.4 Å². The van der Waals surface area contributed by atoms with Crippen molar-refractivity contribution in [2.45, 2.75) is 27.4 Å². The van der Waals surface area contributed by atoms with Gasteiger partial charge in [-0.25, -0.2) is 8.78 Å². The fraction of sp³-hybridized carbons (Fsp3) is 0.200. The molecule has 0 saturated carbocycles. The van der Waals surface area contributed by atoms with Crippen molar-refractivity contribution in [1.82, 2.24) is 9.97 Å². The normalized spacial score (nSPS) is 12.3. The van der Waals surface area contributed by atoms with Gasteiger partial charge >= 0.3 is 0 Å². The maximum absolute atomic E-state index is 13.7. The lowest BCUT2D eigenvalue weighted by molar-refractivity contribution is -0.107. The monoisotopic (exact) mass is 421 g/mol. The Bertz CT molecular complexity index is 989. The molecule has 0 aromatic carbocycles. The Labute approximate surface area is 171 Å². The summed E-state index contributed by atoms with van der Waals surface area (Å²) in [5.41, 5.74) is 1.63. The second kappa shape index (κ2) is 9.88. The van der Waals surface area contributed by atoms with Crippen molar-refractivity contribution >= 4 is 30.0 Å². The molecule has 0 bridgehead atoms. The third-order valence-electron chi connectivity index (χ3n) is 3.89. The predicted molar refractivity (Wildman–Crippen MR) is 104 cm³/mol. The number of anilines is 1. The van der Waals surface area contributed by atoms with Gasteiger partial charge in [0.25, 0.3) is 0 Å². The molecule has 0 unspecified atom stereocenters. The smallest absolute Gasteiger partial charge is 0.218 e. The lowest BCUT2D eigenvalue weighted by Crippen LogP contribution is -2.20. The molecule has 0 aliphatic heterocycles. The Morgan fingerprint density at radius 1 is 1.21 bits per heavy atom. The van der Waals surface area contributed by atoms with E-state index in [1.807, 2.05) is 0 Å². The molecule has 0 radical (unpaired) electrons. The van der Waals surface area contributed by atoms with Crippen molar-refractivity contribution in [2.75, 3.05) is 4.90 Å². The Hall–Kier alpha value is -3.13. The third-order valence-corrected chi connectivity index (χ3v) is 4.08. The zero-order valence-corrected chi connectivity index (χ0v) is 16.7. The summed E-state index contributed by atoms with van der Waals surface area (Å²) in [4.78, 5) is 31.6. The summed E-state index contributed by atoms with van der Waals surface area (Å²) < 4.78 is 32.2. The Kier molecular flexibility index (Phi) is 7.55. The maximum atomic E-state index is 13.7. The van der Waals surface area contributed by atoms with E-state index in [1.54, 1.807) is 20.8 Å². The number of amides is 1. The number of aromatic nitrogens is 2. The largest absolute Gasteiger partial charge is 0.486 e. The van der Waals surface area contributed by atoms with Crippen LogP contribution in [0, 0.1) is 18.6 Å². The highest BCUT2D eigenvalue weighted by molar-refractivity contribution is 6.29. The summed E-state index contributed by atoms with van der Waals surface area (Å²) in [6, 6.07) is 2.18. The van der Waals surface area contributed by atoms with E-state index in [2.05, 4.69) is 9.97 Å². The number of ether oxygens (including phenoxy) is 1. The number of rotatable bonds is 8. The summed E-state index contributed by atoms with van der Waals surface area (Å²) >= 11 is 6.06. The second-order valence-electron chi connectivity index (χ2n) is 6.04. The fourth-order valence-corrected chi connectivity index (χ4v) is 2.49. The first-order valence-electron chi connectivity index (χ1n) is 8.40. The molecule has 2 aromatic rings. The molecule has 0 aliphatic rings. The quantitative estimate of drug-likeness (QED) is 0.358. The van der Waals surface area contributed by atoms with Gasteiger partial charge in [-0.2, -0.15) is 0 Å². The molecule has 2 rings (SSSR count). The fourth-order valence-electron chi connectivity index (χ4n) is 2.38. The highest BCUT2D eigenvalue weighted by atomic mass is 35.5. The summed E-state index contributed by atoms with van der Waals surface area (Å²) in [6.07, 6.45) is 4.99. The molecule has 0 atom stereocenters. The first kappa shape index (κ1) is 22.2. The average molecular weight is 422 g/mol. The number of halogens is 3. The first-order chi connectivity index (χ1) is 13.8. The minimum atomic E-state index is -0.847. The van der Waals surface area contributed by atoms with E-state index >= 15 is 0 Å². The lowest BCUT2D eigenvalue weighted by atomic mass is 10.2. The molecule has 6 nitrogen and oxygen atoms in total. The highest BCUT2D eigenvalue weighted by Gasteiger charge is 2.14. The number of hydrogen-bond acceptors (Lipinski definition) is 5. The van der Waals surface area contributed by atoms with E-state index in [1.165, 1.54) is 23.2 Å². The van der Waals surface area contributed by atoms with Crippen molar-refractivity contribution in [3.05, 3.63) is 75.7 Å². The Balaban J connectivity index is 2.30. The molecule has 2 heterocycles. The average Bonchev–Trinajstić information content (AvgIpc) is 2.68. The van der Waals surface area contributed by atoms with Crippen LogP contribution in [0.25, 0.3) is 0 Å². The van der Waals surface area contributed by atoms with Crippen LogP contribution in [0.3, 0.4) is 0 Å². The molecule has 29 heavy (non-hydrogen) atoms. The van der Waals surface area contributed by atoms with Gasteiger partial charge in [0.2, 0.25) is 6.41 Å². The molecule has 1 amide bonds. The lowest BCUT2D eigenvalue weighted by Gasteiger charge is -2.21. The first-order valence-corrected chi connectivity index (χ1v) is 8.78. The zero-order chi connectivity index (χ0) is 21.6. The Morgan fingerprint density at radius 2 is 1.93 bits per heavy atom. The highest BCUT2D eigenvalue weighted by Crippen LogP contribution is 2.24. The number of aldehydes is 1. The number of pyridine rings is 2. The van der Waals surface area contributed by atoms with Crippen LogP contribution in [0.2, 0.25) is 0 Å². The van der Waals surface area contributed by atoms with Crippen molar-refractivity contribution < 1.29 is 23.1 Å². The van der Waals surface area contributed by atoms with Gasteiger partial charge in [0.15, 0.2) is 12.1 Å². The van der Waals surface area contributed by atoms with Gasteiger partial charge in [-0.05, 0) is 32.4 Å². The van der Waals surface area contributed by atoms with E-state index < -0.39 is 11.6 Å².